The van der Waals surface area contributed by atoms with Gasteiger partial charge in [-0.1, -0.05) is 26.0 Å². The van der Waals surface area contributed by atoms with E-state index in [1.54, 1.807) is 23.5 Å². The van der Waals surface area contributed by atoms with E-state index in [1.807, 2.05) is 25.3 Å². The third-order valence-electron chi connectivity index (χ3n) is 3.41. The summed E-state index contributed by atoms with van der Waals surface area (Å²) in [6, 6.07) is 7.33. The molecule has 1 N–H and O–H groups in total. The minimum atomic E-state index is -0.173. The summed E-state index contributed by atoms with van der Waals surface area (Å²) >= 11 is 1.76. The van der Waals surface area contributed by atoms with E-state index >= 15 is 0 Å². The van der Waals surface area contributed by atoms with E-state index in [-0.39, 0.29) is 5.82 Å². The average Bonchev–Trinajstić information content (AvgIpc) is 2.84. The van der Waals surface area contributed by atoms with E-state index in [2.05, 4.69) is 24.1 Å². The molecular weight excluding hydrogens is 283 g/mol. The van der Waals surface area contributed by atoms with Crippen molar-refractivity contribution in [1.29, 1.82) is 0 Å². The largest absolute Gasteiger partial charge is 0.314 e. The van der Waals surface area contributed by atoms with Crippen LogP contribution in [0.3, 0.4) is 0 Å². The Labute approximate surface area is 130 Å². The van der Waals surface area contributed by atoms with Crippen LogP contribution < -0.4 is 5.32 Å². The third-order valence-corrected chi connectivity index (χ3v) is 4.35. The molecule has 2 nitrogen and oxygen atoms in total. The lowest BCUT2D eigenvalue weighted by Crippen LogP contribution is -2.30. The number of rotatable bonds is 7. The van der Waals surface area contributed by atoms with Gasteiger partial charge in [0.15, 0.2) is 0 Å². The van der Waals surface area contributed by atoms with Gasteiger partial charge in [-0.15, -0.1) is 11.3 Å². The Morgan fingerprint density at radius 2 is 1.90 bits per heavy atom. The Bertz CT molecular complexity index is 548. The SMILES string of the molecule is Cc1ncc(CC(CNC(C)C)Cc2ccc(F)cc2)s1. The van der Waals surface area contributed by atoms with Crippen LogP contribution in [0.15, 0.2) is 30.5 Å². The van der Waals surface area contributed by atoms with Crippen LogP contribution >= 0.6 is 11.3 Å². The Balaban J connectivity index is 2.02. The van der Waals surface area contributed by atoms with E-state index in [0.29, 0.717) is 12.0 Å². The lowest BCUT2D eigenvalue weighted by Gasteiger charge is -2.19. The van der Waals surface area contributed by atoms with E-state index < -0.39 is 0 Å². The highest BCUT2D eigenvalue weighted by Crippen LogP contribution is 2.19. The summed E-state index contributed by atoms with van der Waals surface area (Å²) in [6.07, 6.45) is 3.95. The minimum absolute atomic E-state index is 0.173. The second-order valence-electron chi connectivity index (χ2n) is 5.81. The fourth-order valence-electron chi connectivity index (χ4n) is 2.36. The molecule has 0 aliphatic carbocycles. The van der Waals surface area contributed by atoms with Gasteiger partial charge < -0.3 is 5.32 Å². The number of nitrogens with one attached hydrogen (secondary N) is 1. The predicted molar refractivity (Wildman–Crippen MR) is 87.3 cm³/mol. The summed E-state index contributed by atoms with van der Waals surface area (Å²) in [6.45, 7) is 7.32. The quantitative estimate of drug-likeness (QED) is 0.836. The first-order chi connectivity index (χ1) is 10.0. The molecule has 0 spiro atoms. The van der Waals surface area contributed by atoms with Crippen molar-refractivity contribution < 1.29 is 4.39 Å². The first kappa shape index (κ1) is 16.1. The van der Waals surface area contributed by atoms with Gasteiger partial charge in [-0.05, 0) is 49.9 Å². The summed E-state index contributed by atoms with van der Waals surface area (Å²) in [4.78, 5) is 5.66. The van der Waals surface area contributed by atoms with Gasteiger partial charge in [0.05, 0.1) is 5.01 Å². The summed E-state index contributed by atoms with van der Waals surface area (Å²) in [5.41, 5.74) is 1.19. The van der Waals surface area contributed by atoms with Gasteiger partial charge in [0.1, 0.15) is 5.82 Å². The van der Waals surface area contributed by atoms with Crippen LogP contribution in [0.4, 0.5) is 4.39 Å². The summed E-state index contributed by atoms with van der Waals surface area (Å²) in [7, 11) is 0. The Morgan fingerprint density at radius 1 is 1.19 bits per heavy atom. The molecule has 1 aromatic heterocycles. The molecule has 114 valence electrons. The molecule has 0 aliphatic rings. The van der Waals surface area contributed by atoms with Gasteiger partial charge in [0.25, 0.3) is 0 Å². The Morgan fingerprint density at radius 3 is 2.48 bits per heavy atom. The molecule has 0 saturated carbocycles. The third kappa shape index (κ3) is 5.56. The second kappa shape index (κ2) is 7.66. The van der Waals surface area contributed by atoms with E-state index in [0.717, 1.165) is 24.4 Å². The molecule has 0 amide bonds. The zero-order valence-corrected chi connectivity index (χ0v) is 13.7. The fraction of sp³-hybridized carbons (Fsp3) is 0.471. The monoisotopic (exact) mass is 306 g/mol. The molecule has 0 bridgehead atoms. The van der Waals surface area contributed by atoms with Crippen LogP contribution in [0.25, 0.3) is 0 Å². The first-order valence-electron chi connectivity index (χ1n) is 7.42. The van der Waals surface area contributed by atoms with E-state index in [1.165, 1.54) is 10.4 Å². The van der Waals surface area contributed by atoms with Gasteiger partial charge in [0, 0.05) is 17.1 Å². The van der Waals surface area contributed by atoms with Crippen LogP contribution in [0.2, 0.25) is 0 Å². The number of aryl methyl sites for hydroxylation is 1. The van der Waals surface area contributed by atoms with Crippen LogP contribution in [0.1, 0.15) is 29.3 Å². The van der Waals surface area contributed by atoms with Gasteiger partial charge in [-0.2, -0.15) is 0 Å². The second-order valence-corrected chi connectivity index (χ2v) is 7.13. The van der Waals surface area contributed by atoms with E-state index in [9.17, 15) is 4.39 Å². The topological polar surface area (TPSA) is 24.9 Å². The average molecular weight is 306 g/mol. The highest BCUT2D eigenvalue weighted by atomic mass is 32.1. The maximum Gasteiger partial charge on any atom is 0.123 e. The van der Waals surface area contributed by atoms with E-state index in [4.69, 9.17) is 0 Å². The van der Waals surface area contributed by atoms with Crippen LogP contribution in [-0.4, -0.2) is 17.6 Å². The number of nitrogens with zero attached hydrogens (tertiary/aromatic N) is 1. The zero-order valence-electron chi connectivity index (χ0n) is 12.9. The molecule has 0 saturated heterocycles. The van der Waals surface area contributed by atoms with Crippen molar-refractivity contribution in [1.82, 2.24) is 10.3 Å². The summed E-state index contributed by atoms with van der Waals surface area (Å²) in [5.74, 6) is 0.325. The summed E-state index contributed by atoms with van der Waals surface area (Å²) in [5, 5.41) is 4.63. The molecule has 4 heteroatoms. The maximum atomic E-state index is 13.0. The van der Waals surface area contributed by atoms with Crippen LogP contribution in [0, 0.1) is 18.7 Å². The molecule has 0 aliphatic heterocycles. The van der Waals surface area contributed by atoms with Gasteiger partial charge >= 0.3 is 0 Å². The Hall–Kier alpha value is -1.26. The van der Waals surface area contributed by atoms with Gasteiger partial charge in [0.2, 0.25) is 0 Å². The highest BCUT2D eigenvalue weighted by Gasteiger charge is 2.13. The molecule has 1 aromatic carbocycles. The summed E-state index contributed by atoms with van der Waals surface area (Å²) < 4.78 is 13.0. The highest BCUT2D eigenvalue weighted by molar-refractivity contribution is 7.11. The maximum absolute atomic E-state index is 13.0. The van der Waals surface area contributed by atoms with Crippen molar-refractivity contribution in [3.63, 3.8) is 0 Å². The minimum Gasteiger partial charge on any atom is -0.314 e. The van der Waals surface area contributed by atoms with Crippen molar-refractivity contribution in [2.45, 2.75) is 39.7 Å². The number of halogens is 1. The molecule has 0 fully saturated rings. The van der Waals surface area contributed by atoms with Crippen molar-refractivity contribution in [3.8, 4) is 0 Å². The molecule has 1 unspecified atom stereocenters. The van der Waals surface area contributed by atoms with Crippen LogP contribution in [-0.2, 0) is 12.8 Å². The van der Waals surface area contributed by atoms with Crippen molar-refractivity contribution >= 4 is 11.3 Å². The van der Waals surface area contributed by atoms with Crippen molar-refractivity contribution in [2.75, 3.05) is 6.54 Å². The molecule has 2 aromatic rings. The standard InChI is InChI=1S/C17H23FN2S/c1-12(2)19-10-15(9-17-11-20-13(3)21-17)8-14-4-6-16(18)7-5-14/h4-7,11-12,15,19H,8-10H2,1-3H3. The smallest absolute Gasteiger partial charge is 0.123 e. The number of hydrogen-bond acceptors (Lipinski definition) is 3. The first-order valence-corrected chi connectivity index (χ1v) is 8.23. The number of benzene rings is 1. The predicted octanol–water partition coefficient (Wildman–Crippen LogP) is 3.99. The normalized spacial score (nSPS) is 12.8. The molecule has 0 radical (unpaired) electrons. The molecule has 21 heavy (non-hydrogen) atoms. The zero-order chi connectivity index (χ0) is 15.2. The molecular formula is C17H23FN2S. The fourth-order valence-corrected chi connectivity index (χ4v) is 3.27. The number of thiazole rings is 1. The molecule has 1 heterocycles. The molecule has 1 atom stereocenters. The van der Waals surface area contributed by atoms with Gasteiger partial charge in [-0.3, -0.25) is 0 Å². The Kier molecular flexibility index (Phi) is 5.88. The number of hydrogen-bond donors (Lipinski definition) is 1. The van der Waals surface area contributed by atoms with Crippen molar-refractivity contribution in [2.24, 2.45) is 5.92 Å². The molecule has 2 rings (SSSR count). The van der Waals surface area contributed by atoms with Crippen LogP contribution in [0.5, 0.6) is 0 Å². The van der Waals surface area contributed by atoms with Crippen molar-refractivity contribution in [3.05, 3.63) is 51.7 Å². The number of aromatic nitrogens is 1. The van der Waals surface area contributed by atoms with Gasteiger partial charge in [-0.25, -0.2) is 9.37 Å². The lowest BCUT2D eigenvalue weighted by molar-refractivity contribution is 0.446. The lowest BCUT2D eigenvalue weighted by atomic mass is 9.95.